The van der Waals surface area contributed by atoms with Gasteiger partial charge in [-0.2, -0.15) is 4.98 Å². The molecule has 3 aromatic rings. The number of hydrogen-bond donors (Lipinski definition) is 1. The highest BCUT2D eigenvalue weighted by Gasteiger charge is 2.15. The van der Waals surface area contributed by atoms with Crippen molar-refractivity contribution in [2.75, 3.05) is 5.73 Å². The molecule has 0 fully saturated rings. The quantitative estimate of drug-likeness (QED) is 0.716. The summed E-state index contributed by atoms with van der Waals surface area (Å²) < 4.78 is 6.26. The van der Waals surface area contributed by atoms with Gasteiger partial charge in [0.15, 0.2) is 0 Å². The van der Waals surface area contributed by atoms with Gasteiger partial charge in [-0.05, 0) is 65.2 Å². The first-order chi connectivity index (χ1) is 10.0. The van der Waals surface area contributed by atoms with Crippen LogP contribution in [0.4, 0.5) is 5.69 Å². The molecule has 21 heavy (non-hydrogen) atoms. The molecule has 0 aliphatic heterocycles. The van der Waals surface area contributed by atoms with Crippen LogP contribution in [0, 0.1) is 13.8 Å². The van der Waals surface area contributed by atoms with Crippen molar-refractivity contribution < 1.29 is 4.52 Å². The van der Waals surface area contributed by atoms with Crippen molar-refractivity contribution in [2.24, 2.45) is 0 Å². The normalized spacial score (nSPS) is 10.8. The van der Waals surface area contributed by atoms with Gasteiger partial charge in [-0.3, -0.25) is 4.98 Å². The lowest BCUT2D eigenvalue weighted by Crippen LogP contribution is -1.93. The second-order valence-corrected chi connectivity index (χ2v) is 5.71. The summed E-state index contributed by atoms with van der Waals surface area (Å²) in [5.74, 6) is 0.902. The Morgan fingerprint density at radius 2 is 2.00 bits per heavy atom. The number of nitrogen functional groups attached to an aromatic ring is 1. The highest BCUT2D eigenvalue weighted by molar-refractivity contribution is 9.10. The molecule has 0 radical (unpaired) electrons. The fourth-order valence-corrected chi connectivity index (χ4v) is 2.29. The SMILES string of the molecule is Cc1cc(N)cc(-c2nc(-c3ccc(Br)cn3)no2)c1C. The van der Waals surface area contributed by atoms with Gasteiger partial charge in [0.05, 0.1) is 0 Å². The maximum atomic E-state index is 5.89. The van der Waals surface area contributed by atoms with E-state index in [1.54, 1.807) is 6.20 Å². The molecule has 0 atom stereocenters. The van der Waals surface area contributed by atoms with Gasteiger partial charge in [-0.25, -0.2) is 0 Å². The maximum absolute atomic E-state index is 5.89. The molecule has 1 aromatic carbocycles. The van der Waals surface area contributed by atoms with Crippen molar-refractivity contribution in [3.8, 4) is 23.0 Å². The molecule has 0 bridgehead atoms. The second kappa shape index (κ2) is 5.29. The van der Waals surface area contributed by atoms with E-state index in [0.29, 0.717) is 23.1 Å². The van der Waals surface area contributed by atoms with Gasteiger partial charge in [-0.15, -0.1) is 0 Å². The van der Waals surface area contributed by atoms with Crippen LogP contribution in [0.5, 0.6) is 0 Å². The predicted octanol–water partition coefficient (Wildman–Crippen LogP) is 3.76. The van der Waals surface area contributed by atoms with E-state index in [1.807, 2.05) is 38.1 Å². The summed E-state index contributed by atoms with van der Waals surface area (Å²) in [5.41, 5.74) is 10.2. The Kier molecular flexibility index (Phi) is 3.47. The molecule has 0 amide bonds. The Bertz CT molecular complexity index is 796. The Balaban J connectivity index is 2.04. The number of aryl methyl sites for hydroxylation is 1. The minimum Gasteiger partial charge on any atom is -0.399 e. The zero-order valence-electron chi connectivity index (χ0n) is 11.6. The summed E-state index contributed by atoms with van der Waals surface area (Å²) in [6.07, 6.45) is 1.70. The summed E-state index contributed by atoms with van der Waals surface area (Å²) in [5, 5.41) is 3.99. The number of halogens is 1. The summed E-state index contributed by atoms with van der Waals surface area (Å²) >= 11 is 3.34. The van der Waals surface area contributed by atoms with Crippen molar-refractivity contribution >= 4 is 21.6 Å². The van der Waals surface area contributed by atoms with Crippen molar-refractivity contribution in [2.45, 2.75) is 13.8 Å². The van der Waals surface area contributed by atoms with Gasteiger partial charge in [-0.1, -0.05) is 5.16 Å². The predicted molar refractivity (Wildman–Crippen MR) is 84.6 cm³/mol. The molecule has 0 saturated carbocycles. The number of benzene rings is 1. The Labute approximate surface area is 130 Å². The van der Waals surface area contributed by atoms with Gasteiger partial charge in [0.2, 0.25) is 5.82 Å². The summed E-state index contributed by atoms with van der Waals surface area (Å²) in [6, 6.07) is 7.48. The van der Waals surface area contributed by atoms with E-state index in [2.05, 4.69) is 31.1 Å². The first kappa shape index (κ1) is 13.8. The van der Waals surface area contributed by atoms with Gasteiger partial charge >= 0.3 is 0 Å². The number of rotatable bonds is 2. The third kappa shape index (κ3) is 2.67. The third-order valence-corrected chi connectivity index (χ3v) is 3.77. The van der Waals surface area contributed by atoms with Crippen LogP contribution in [0.25, 0.3) is 23.0 Å². The van der Waals surface area contributed by atoms with E-state index in [9.17, 15) is 0 Å². The second-order valence-electron chi connectivity index (χ2n) is 4.80. The fraction of sp³-hybridized carbons (Fsp3) is 0.133. The number of aromatic nitrogens is 3. The molecular formula is C15H13BrN4O. The van der Waals surface area contributed by atoms with Crippen LogP contribution in [0.2, 0.25) is 0 Å². The van der Waals surface area contributed by atoms with Gasteiger partial charge in [0, 0.05) is 21.9 Å². The van der Waals surface area contributed by atoms with Crippen LogP contribution in [-0.2, 0) is 0 Å². The van der Waals surface area contributed by atoms with Crippen LogP contribution in [-0.4, -0.2) is 15.1 Å². The summed E-state index contributed by atoms with van der Waals surface area (Å²) in [4.78, 5) is 8.67. The number of anilines is 1. The molecule has 3 rings (SSSR count). The van der Waals surface area contributed by atoms with E-state index in [0.717, 1.165) is 21.2 Å². The van der Waals surface area contributed by atoms with Crippen LogP contribution in [0.3, 0.4) is 0 Å². The molecule has 0 spiro atoms. The number of hydrogen-bond acceptors (Lipinski definition) is 5. The highest BCUT2D eigenvalue weighted by Crippen LogP contribution is 2.28. The molecule has 0 saturated heterocycles. The van der Waals surface area contributed by atoms with E-state index in [-0.39, 0.29) is 0 Å². The van der Waals surface area contributed by atoms with E-state index in [4.69, 9.17) is 10.3 Å². The number of nitrogens with two attached hydrogens (primary N) is 1. The van der Waals surface area contributed by atoms with E-state index >= 15 is 0 Å². The molecule has 0 aliphatic rings. The van der Waals surface area contributed by atoms with E-state index in [1.165, 1.54) is 0 Å². The monoisotopic (exact) mass is 344 g/mol. The minimum absolute atomic E-state index is 0.447. The first-order valence-electron chi connectivity index (χ1n) is 6.37. The number of nitrogens with zero attached hydrogens (tertiary/aromatic N) is 3. The lowest BCUT2D eigenvalue weighted by atomic mass is 10.0. The third-order valence-electron chi connectivity index (χ3n) is 3.30. The molecule has 2 N–H and O–H groups in total. The summed E-state index contributed by atoms with van der Waals surface area (Å²) in [7, 11) is 0. The molecular weight excluding hydrogens is 332 g/mol. The van der Waals surface area contributed by atoms with Crippen LogP contribution < -0.4 is 5.73 Å². The molecule has 5 nitrogen and oxygen atoms in total. The van der Waals surface area contributed by atoms with Crippen molar-refractivity contribution in [1.82, 2.24) is 15.1 Å². The van der Waals surface area contributed by atoms with Gasteiger partial charge in [0.25, 0.3) is 5.89 Å². The van der Waals surface area contributed by atoms with Crippen molar-refractivity contribution in [3.05, 3.63) is 46.1 Å². The molecule has 6 heteroatoms. The average Bonchev–Trinajstić information content (AvgIpc) is 2.93. The highest BCUT2D eigenvalue weighted by atomic mass is 79.9. The van der Waals surface area contributed by atoms with Gasteiger partial charge < -0.3 is 10.3 Å². The molecule has 0 aliphatic carbocycles. The van der Waals surface area contributed by atoms with Crippen molar-refractivity contribution in [3.63, 3.8) is 0 Å². The number of pyridine rings is 1. The Hall–Kier alpha value is -2.21. The molecule has 2 aromatic heterocycles. The van der Waals surface area contributed by atoms with Crippen molar-refractivity contribution in [1.29, 1.82) is 0 Å². The lowest BCUT2D eigenvalue weighted by molar-refractivity contribution is 0.432. The molecule has 0 unspecified atom stereocenters. The smallest absolute Gasteiger partial charge is 0.258 e. The van der Waals surface area contributed by atoms with Crippen LogP contribution in [0.15, 0.2) is 39.5 Å². The Morgan fingerprint density at radius 3 is 2.71 bits per heavy atom. The average molecular weight is 345 g/mol. The zero-order valence-corrected chi connectivity index (χ0v) is 13.2. The lowest BCUT2D eigenvalue weighted by Gasteiger charge is -2.06. The molecule has 2 heterocycles. The van der Waals surface area contributed by atoms with Crippen LogP contribution in [0.1, 0.15) is 11.1 Å². The molecule has 106 valence electrons. The summed E-state index contributed by atoms with van der Waals surface area (Å²) in [6.45, 7) is 4.01. The maximum Gasteiger partial charge on any atom is 0.258 e. The van der Waals surface area contributed by atoms with Crippen LogP contribution >= 0.6 is 15.9 Å². The Morgan fingerprint density at radius 1 is 1.19 bits per heavy atom. The van der Waals surface area contributed by atoms with Gasteiger partial charge in [0.1, 0.15) is 5.69 Å². The minimum atomic E-state index is 0.447. The zero-order chi connectivity index (χ0) is 15.0. The first-order valence-corrected chi connectivity index (χ1v) is 7.16. The topological polar surface area (TPSA) is 77.8 Å². The standard InChI is InChI=1S/C15H13BrN4O/c1-8-5-11(17)6-12(9(8)2)15-19-14(20-21-15)13-4-3-10(16)7-18-13/h3-7H,17H2,1-2H3. The fourth-order valence-electron chi connectivity index (χ4n) is 2.05. The largest absolute Gasteiger partial charge is 0.399 e. The van der Waals surface area contributed by atoms with E-state index < -0.39 is 0 Å².